The van der Waals surface area contributed by atoms with Crippen LogP contribution >= 0.6 is 11.3 Å². The van der Waals surface area contributed by atoms with Gasteiger partial charge in [0.1, 0.15) is 5.82 Å². The number of carbonyl (C=O) groups is 1. The van der Waals surface area contributed by atoms with Crippen molar-refractivity contribution in [3.8, 4) is 0 Å². The summed E-state index contributed by atoms with van der Waals surface area (Å²) in [5, 5.41) is 3.61. The summed E-state index contributed by atoms with van der Waals surface area (Å²) in [7, 11) is 0. The number of ketones is 1. The maximum atomic E-state index is 13.0. The van der Waals surface area contributed by atoms with Gasteiger partial charge in [-0.1, -0.05) is 6.07 Å². The molecule has 0 aliphatic heterocycles. The Morgan fingerprint density at radius 1 is 1.33 bits per heavy atom. The van der Waals surface area contributed by atoms with Crippen molar-refractivity contribution in [2.75, 3.05) is 0 Å². The number of halogens is 1. The van der Waals surface area contributed by atoms with Gasteiger partial charge in [-0.3, -0.25) is 4.79 Å². The van der Waals surface area contributed by atoms with Crippen LogP contribution in [0.1, 0.15) is 21.5 Å². The lowest BCUT2D eigenvalue weighted by atomic mass is 10.0. The Hall–Kier alpha value is -1.48. The molecule has 0 spiro atoms. The number of carbonyl (C=O) groups excluding carboxylic acids is 1. The average Bonchev–Trinajstić information content (AvgIpc) is 2.74. The van der Waals surface area contributed by atoms with Crippen molar-refractivity contribution < 1.29 is 9.18 Å². The van der Waals surface area contributed by atoms with Crippen LogP contribution in [0.4, 0.5) is 4.39 Å². The van der Waals surface area contributed by atoms with E-state index in [-0.39, 0.29) is 11.6 Å². The number of rotatable bonds is 2. The molecule has 0 amide bonds. The Bertz CT molecular complexity index is 488. The van der Waals surface area contributed by atoms with Crippen LogP contribution in [-0.2, 0) is 0 Å². The highest BCUT2D eigenvalue weighted by atomic mass is 32.1. The summed E-state index contributed by atoms with van der Waals surface area (Å²) in [6.07, 6.45) is 0. The van der Waals surface area contributed by atoms with E-state index >= 15 is 0 Å². The van der Waals surface area contributed by atoms with Gasteiger partial charge in [-0.15, -0.1) is 0 Å². The third-order valence-electron chi connectivity index (χ3n) is 2.23. The smallest absolute Gasteiger partial charge is 0.194 e. The molecule has 0 bridgehead atoms. The maximum absolute atomic E-state index is 13.0. The van der Waals surface area contributed by atoms with E-state index in [1.165, 1.54) is 23.5 Å². The van der Waals surface area contributed by atoms with Crippen molar-refractivity contribution in [1.82, 2.24) is 0 Å². The number of hydrogen-bond donors (Lipinski definition) is 0. The molecule has 2 aromatic rings. The summed E-state index contributed by atoms with van der Waals surface area (Å²) >= 11 is 1.46. The minimum atomic E-state index is -0.376. The topological polar surface area (TPSA) is 17.1 Å². The molecule has 0 radical (unpaired) electrons. The van der Waals surface area contributed by atoms with E-state index in [2.05, 4.69) is 0 Å². The molecule has 0 saturated carbocycles. The van der Waals surface area contributed by atoms with Crippen LogP contribution in [0.2, 0.25) is 0 Å². The van der Waals surface area contributed by atoms with Gasteiger partial charge in [-0.05, 0) is 36.1 Å². The van der Waals surface area contributed by atoms with Gasteiger partial charge >= 0.3 is 0 Å². The molecule has 0 fully saturated rings. The van der Waals surface area contributed by atoms with E-state index in [0.717, 1.165) is 5.56 Å². The fourth-order valence-electron chi connectivity index (χ4n) is 1.39. The first-order valence-electron chi connectivity index (χ1n) is 4.51. The molecule has 0 N–H and O–H groups in total. The molecule has 3 heteroatoms. The molecule has 1 nitrogen and oxygen atoms in total. The highest BCUT2D eigenvalue weighted by molar-refractivity contribution is 7.08. The largest absolute Gasteiger partial charge is 0.289 e. The van der Waals surface area contributed by atoms with E-state index in [4.69, 9.17) is 0 Å². The Kier molecular flexibility index (Phi) is 2.64. The summed E-state index contributed by atoms with van der Waals surface area (Å²) in [5.74, 6) is -0.493. The van der Waals surface area contributed by atoms with Crippen LogP contribution in [0, 0.1) is 12.7 Å². The van der Waals surface area contributed by atoms with Crippen molar-refractivity contribution in [2.45, 2.75) is 6.92 Å². The van der Waals surface area contributed by atoms with Crippen molar-refractivity contribution >= 4 is 17.1 Å². The Labute approximate surface area is 91.2 Å². The fourth-order valence-corrected chi connectivity index (χ4v) is 2.02. The van der Waals surface area contributed by atoms with E-state index < -0.39 is 0 Å². The zero-order valence-electron chi connectivity index (χ0n) is 8.16. The fraction of sp³-hybridized carbons (Fsp3) is 0.0833. The zero-order valence-corrected chi connectivity index (χ0v) is 8.98. The Morgan fingerprint density at radius 2 is 2.13 bits per heavy atom. The first kappa shape index (κ1) is 10.1. The molecule has 1 aromatic carbocycles. The molecule has 1 heterocycles. The maximum Gasteiger partial charge on any atom is 0.194 e. The van der Waals surface area contributed by atoms with Gasteiger partial charge in [0.25, 0.3) is 0 Å². The third-order valence-corrected chi connectivity index (χ3v) is 2.91. The molecule has 1 aromatic heterocycles. The Balaban J connectivity index is 2.46. The second-order valence-corrected chi connectivity index (χ2v) is 4.08. The second-order valence-electron chi connectivity index (χ2n) is 3.30. The SMILES string of the molecule is Cc1ccc(F)cc1C(=O)c1ccsc1. The van der Waals surface area contributed by atoms with Crippen LogP contribution in [0.25, 0.3) is 0 Å². The van der Waals surface area contributed by atoms with E-state index in [1.54, 1.807) is 24.4 Å². The molecule has 15 heavy (non-hydrogen) atoms. The molecule has 0 aliphatic carbocycles. The summed E-state index contributed by atoms with van der Waals surface area (Å²) in [5.41, 5.74) is 1.86. The molecular formula is C12H9FOS. The van der Waals surface area contributed by atoms with Gasteiger partial charge < -0.3 is 0 Å². The molecule has 2 rings (SSSR count). The predicted molar refractivity (Wildman–Crippen MR) is 58.9 cm³/mol. The van der Waals surface area contributed by atoms with Gasteiger partial charge in [0, 0.05) is 16.5 Å². The van der Waals surface area contributed by atoms with Gasteiger partial charge in [0.05, 0.1) is 0 Å². The van der Waals surface area contributed by atoms with Crippen molar-refractivity contribution in [1.29, 1.82) is 0 Å². The third kappa shape index (κ3) is 1.97. The van der Waals surface area contributed by atoms with E-state index in [1.807, 2.05) is 5.38 Å². The average molecular weight is 220 g/mol. The summed E-state index contributed by atoms with van der Waals surface area (Å²) in [6, 6.07) is 6.02. The van der Waals surface area contributed by atoms with Crippen LogP contribution in [-0.4, -0.2) is 5.78 Å². The molecule has 0 saturated heterocycles. The normalized spacial score (nSPS) is 10.3. The van der Waals surface area contributed by atoms with Crippen molar-refractivity contribution in [2.24, 2.45) is 0 Å². The predicted octanol–water partition coefficient (Wildman–Crippen LogP) is 3.43. The lowest BCUT2D eigenvalue weighted by Crippen LogP contribution is -2.02. The standard InChI is InChI=1S/C12H9FOS/c1-8-2-3-10(13)6-11(8)12(14)9-4-5-15-7-9/h2-7H,1H3. The quantitative estimate of drug-likeness (QED) is 0.709. The molecular weight excluding hydrogens is 211 g/mol. The number of thiophene rings is 1. The van der Waals surface area contributed by atoms with Crippen molar-refractivity contribution in [3.63, 3.8) is 0 Å². The van der Waals surface area contributed by atoms with Crippen molar-refractivity contribution in [3.05, 3.63) is 57.5 Å². The molecule has 0 unspecified atom stereocenters. The van der Waals surface area contributed by atoms with E-state index in [0.29, 0.717) is 11.1 Å². The highest BCUT2D eigenvalue weighted by Crippen LogP contribution is 2.17. The summed E-state index contributed by atoms with van der Waals surface area (Å²) in [4.78, 5) is 11.9. The zero-order chi connectivity index (χ0) is 10.8. The van der Waals surface area contributed by atoms with Gasteiger partial charge in [0.15, 0.2) is 5.78 Å². The minimum absolute atomic E-state index is 0.117. The summed E-state index contributed by atoms with van der Waals surface area (Å²) in [6.45, 7) is 1.80. The van der Waals surface area contributed by atoms with E-state index in [9.17, 15) is 9.18 Å². The lowest BCUT2D eigenvalue weighted by Gasteiger charge is -2.03. The Morgan fingerprint density at radius 3 is 2.80 bits per heavy atom. The minimum Gasteiger partial charge on any atom is -0.289 e. The number of aryl methyl sites for hydroxylation is 1. The molecule has 76 valence electrons. The molecule has 0 aliphatic rings. The highest BCUT2D eigenvalue weighted by Gasteiger charge is 2.12. The number of hydrogen-bond acceptors (Lipinski definition) is 2. The lowest BCUT2D eigenvalue weighted by molar-refractivity contribution is 0.103. The van der Waals surface area contributed by atoms with Crippen LogP contribution in [0.3, 0.4) is 0 Å². The second kappa shape index (κ2) is 3.95. The molecule has 0 atom stereocenters. The first-order chi connectivity index (χ1) is 7.18. The monoisotopic (exact) mass is 220 g/mol. The van der Waals surface area contributed by atoms with Gasteiger partial charge in [-0.2, -0.15) is 11.3 Å². The summed E-state index contributed by atoms with van der Waals surface area (Å²) < 4.78 is 13.0. The van der Waals surface area contributed by atoms with Crippen LogP contribution in [0.15, 0.2) is 35.0 Å². The number of benzene rings is 1. The first-order valence-corrected chi connectivity index (χ1v) is 5.46. The van der Waals surface area contributed by atoms with Gasteiger partial charge in [-0.25, -0.2) is 4.39 Å². The van der Waals surface area contributed by atoms with Crippen LogP contribution in [0.5, 0.6) is 0 Å². The van der Waals surface area contributed by atoms with Crippen LogP contribution < -0.4 is 0 Å². The van der Waals surface area contributed by atoms with Gasteiger partial charge in [0.2, 0.25) is 0 Å².